The van der Waals surface area contributed by atoms with Gasteiger partial charge in [0.1, 0.15) is 16.1 Å². The molecule has 0 spiro atoms. The SMILES string of the molecule is CC(C)(Sc1ncncc1Cl)C(=O)O. The third-order valence-corrected chi connectivity index (χ3v) is 3.09. The molecule has 0 aliphatic carbocycles. The molecule has 0 aromatic carbocycles. The predicted octanol–water partition coefficient (Wildman–Crippen LogP) is 2.09. The van der Waals surface area contributed by atoms with Crippen molar-refractivity contribution in [2.45, 2.75) is 23.6 Å². The standard InChI is InChI=1S/C8H9ClN2O2S/c1-8(2,7(12)13)14-6-5(9)3-10-4-11-6/h3-4H,1-2H3,(H,12,13). The lowest BCUT2D eigenvalue weighted by molar-refractivity contribution is -0.138. The number of hydrogen-bond donors (Lipinski definition) is 1. The molecule has 1 N–H and O–H groups in total. The van der Waals surface area contributed by atoms with Gasteiger partial charge in [-0.05, 0) is 13.8 Å². The maximum atomic E-state index is 10.8. The minimum atomic E-state index is -0.946. The summed E-state index contributed by atoms with van der Waals surface area (Å²) in [6.45, 7) is 3.19. The second-order valence-corrected chi connectivity index (χ2v) is 5.11. The Morgan fingerprint density at radius 3 is 2.79 bits per heavy atom. The molecule has 1 rings (SSSR count). The molecule has 0 aliphatic rings. The molecule has 0 aliphatic heterocycles. The van der Waals surface area contributed by atoms with Crippen LogP contribution < -0.4 is 0 Å². The highest BCUT2D eigenvalue weighted by Crippen LogP contribution is 2.34. The van der Waals surface area contributed by atoms with Gasteiger partial charge >= 0.3 is 5.97 Å². The van der Waals surface area contributed by atoms with E-state index in [1.165, 1.54) is 12.5 Å². The monoisotopic (exact) mass is 232 g/mol. The fourth-order valence-corrected chi connectivity index (χ4v) is 1.70. The maximum Gasteiger partial charge on any atom is 0.319 e. The Morgan fingerprint density at radius 2 is 2.29 bits per heavy atom. The average molecular weight is 233 g/mol. The summed E-state index contributed by atoms with van der Waals surface area (Å²) in [7, 11) is 0. The van der Waals surface area contributed by atoms with Crippen molar-refractivity contribution in [3.05, 3.63) is 17.5 Å². The molecule has 4 nitrogen and oxygen atoms in total. The van der Waals surface area contributed by atoms with Gasteiger partial charge in [-0.2, -0.15) is 0 Å². The van der Waals surface area contributed by atoms with E-state index in [1.54, 1.807) is 13.8 Å². The van der Waals surface area contributed by atoms with Gasteiger partial charge in [0.15, 0.2) is 0 Å². The van der Waals surface area contributed by atoms with Crippen molar-refractivity contribution in [3.63, 3.8) is 0 Å². The fraction of sp³-hybridized carbons (Fsp3) is 0.375. The first kappa shape index (κ1) is 11.3. The topological polar surface area (TPSA) is 63.1 Å². The summed E-state index contributed by atoms with van der Waals surface area (Å²) in [6, 6.07) is 0. The lowest BCUT2D eigenvalue weighted by atomic mass is 10.2. The van der Waals surface area contributed by atoms with Crippen LogP contribution in [0, 0.1) is 0 Å². The molecule has 76 valence electrons. The molecule has 0 radical (unpaired) electrons. The molecule has 14 heavy (non-hydrogen) atoms. The zero-order chi connectivity index (χ0) is 10.8. The van der Waals surface area contributed by atoms with Crippen LogP contribution in [-0.4, -0.2) is 25.8 Å². The van der Waals surface area contributed by atoms with Crippen LogP contribution in [0.1, 0.15) is 13.8 Å². The van der Waals surface area contributed by atoms with Crippen LogP contribution in [0.2, 0.25) is 5.02 Å². The first-order valence-electron chi connectivity index (χ1n) is 3.81. The van der Waals surface area contributed by atoms with E-state index in [-0.39, 0.29) is 0 Å². The number of nitrogens with zero attached hydrogens (tertiary/aromatic N) is 2. The Labute approximate surface area is 90.7 Å². The van der Waals surface area contributed by atoms with Crippen molar-refractivity contribution in [3.8, 4) is 0 Å². The summed E-state index contributed by atoms with van der Waals surface area (Å²) < 4.78 is -0.946. The molecule has 6 heteroatoms. The third-order valence-electron chi connectivity index (χ3n) is 1.50. The normalized spacial score (nSPS) is 11.4. The molecule has 0 amide bonds. The number of aliphatic carboxylic acids is 1. The predicted molar refractivity (Wildman–Crippen MR) is 54.6 cm³/mol. The van der Waals surface area contributed by atoms with E-state index in [4.69, 9.17) is 16.7 Å². The van der Waals surface area contributed by atoms with Crippen molar-refractivity contribution >= 4 is 29.3 Å². The van der Waals surface area contributed by atoms with E-state index in [1.807, 2.05) is 0 Å². The summed E-state index contributed by atoms with van der Waals surface area (Å²) >= 11 is 6.89. The van der Waals surface area contributed by atoms with Crippen LogP contribution >= 0.6 is 23.4 Å². The molecular weight excluding hydrogens is 224 g/mol. The number of carboxylic acids is 1. The van der Waals surface area contributed by atoms with E-state index in [9.17, 15) is 4.79 Å². The lowest BCUT2D eigenvalue weighted by Gasteiger charge is -2.17. The molecule has 0 atom stereocenters. The molecule has 0 unspecified atom stereocenters. The number of rotatable bonds is 3. The Bertz CT molecular complexity index is 357. The molecule has 0 saturated heterocycles. The number of halogens is 1. The van der Waals surface area contributed by atoms with Gasteiger partial charge in [-0.15, -0.1) is 0 Å². The molecule has 0 fully saturated rings. The average Bonchev–Trinajstić information content (AvgIpc) is 2.08. The second kappa shape index (κ2) is 4.14. The van der Waals surface area contributed by atoms with Gasteiger partial charge in [-0.25, -0.2) is 9.97 Å². The summed E-state index contributed by atoms with van der Waals surface area (Å²) in [4.78, 5) is 18.4. The smallest absolute Gasteiger partial charge is 0.319 e. The molecule has 0 saturated carbocycles. The van der Waals surface area contributed by atoms with Gasteiger partial charge < -0.3 is 5.11 Å². The third kappa shape index (κ3) is 2.59. The molecule has 0 bridgehead atoms. The number of aromatic nitrogens is 2. The maximum absolute atomic E-state index is 10.8. The van der Waals surface area contributed by atoms with Gasteiger partial charge in [0.25, 0.3) is 0 Å². The number of hydrogen-bond acceptors (Lipinski definition) is 4. The summed E-state index contributed by atoms with van der Waals surface area (Å²) in [5.41, 5.74) is 0. The minimum absolute atomic E-state index is 0.367. The summed E-state index contributed by atoms with van der Waals surface area (Å²) in [5, 5.41) is 9.73. The van der Waals surface area contributed by atoms with Crippen LogP contribution in [0.15, 0.2) is 17.6 Å². The summed E-state index contributed by atoms with van der Waals surface area (Å²) in [5.74, 6) is -0.905. The Kier molecular flexibility index (Phi) is 3.34. The Balaban J connectivity index is 2.89. The van der Waals surface area contributed by atoms with E-state index < -0.39 is 10.7 Å². The highest BCUT2D eigenvalue weighted by atomic mass is 35.5. The van der Waals surface area contributed by atoms with Crippen LogP contribution in [0.25, 0.3) is 0 Å². The fourth-order valence-electron chi connectivity index (χ4n) is 0.662. The van der Waals surface area contributed by atoms with Gasteiger partial charge in [-0.3, -0.25) is 4.79 Å². The van der Waals surface area contributed by atoms with Gasteiger partial charge in [0.2, 0.25) is 0 Å². The van der Waals surface area contributed by atoms with Gasteiger partial charge in [0.05, 0.1) is 11.2 Å². The molecular formula is C8H9ClN2O2S. The number of thioether (sulfide) groups is 1. The quantitative estimate of drug-likeness (QED) is 0.639. The van der Waals surface area contributed by atoms with E-state index in [0.29, 0.717) is 10.0 Å². The summed E-state index contributed by atoms with van der Waals surface area (Å²) in [6.07, 6.45) is 2.78. The van der Waals surface area contributed by atoms with E-state index >= 15 is 0 Å². The van der Waals surface area contributed by atoms with Crippen molar-refractivity contribution in [2.75, 3.05) is 0 Å². The highest BCUT2D eigenvalue weighted by Gasteiger charge is 2.29. The first-order chi connectivity index (χ1) is 6.43. The first-order valence-corrected chi connectivity index (χ1v) is 5.01. The van der Waals surface area contributed by atoms with Gasteiger partial charge in [-0.1, -0.05) is 23.4 Å². The van der Waals surface area contributed by atoms with E-state index in [0.717, 1.165) is 11.8 Å². The van der Waals surface area contributed by atoms with Crippen LogP contribution in [0.5, 0.6) is 0 Å². The lowest BCUT2D eigenvalue weighted by Crippen LogP contribution is -2.27. The minimum Gasteiger partial charge on any atom is -0.480 e. The van der Waals surface area contributed by atoms with Crippen LogP contribution in [-0.2, 0) is 4.79 Å². The number of carbonyl (C=O) groups is 1. The van der Waals surface area contributed by atoms with Crippen molar-refractivity contribution < 1.29 is 9.90 Å². The highest BCUT2D eigenvalue weighted by molar-refractivity contribution is 8.01. The second-order valence-electron chi connectivity index (χ2n) is 3.09. The molecule has 1 heterocycles. The largest absolute Gasteiger partial charge is 0.480 e. The number of carboxylic acid groups (broad SMARTS) is 1. The van der Waals surface area contributed by atoms with Gasteiger partial charge in [0, 0.05) is 0 Å². The van der Waals surface area contributed by atoms with Crippen molar-refractivity contribution in [2.24, 2.45) is 0 Å². The van der Waals surface area contributed by atoms with E-state index in [2.05, 4.69) is 9.97 Å². The van der Waals surface area contributed by atoms with Crippen molar-refractivity contribution in [1.29, 1.82) is 0 Å². The van der Waals surface area contributed by atoms with Crippen LogP contribution in [0.4, 0.5) is 0 Å². The van der Waals surface area contributed by atoms with Crippen LogP contribution in [0.3, 0.4) is 0 Å². The van der Waals surface area contributed by atoms with Crippen molar-refractivity contribution in [1.82, 2.24) is 9.97 Å². The molecule has 1 aromatic heterocycles. The molecule has 1 aromatic rings. The zero-order valence-corrected chi connectivity index (χ0v) is 9.26. The Morgan fingerprint density at radius 1 is 1.64 bits per heavy atom. The Hall–Kier alpha value is -0.810. The zero-order valence-electron chi connectivity index (χ0n) is 7.69.